The Morgan fingerprint density at radius 2 is 1.74 bits per heavy atom. The average molecular weight is 464 g/mol. The second-order valence-corrected chi connectivity index (χ2v) is 10.9. The lowest BCUT2D eigenvalue weighted by molar-refractivity contribution is 0.00589. The standard InChI is InChI=1S/C22H26ClN3O4S/c23-17-1-3-19(4-2-17)31(28,29)24-20-5-6-21-16-11-15(13-26(21)22(20)27)12-25(14-16)18-7-9-30-10-8-18/h1-6,15-16,18,24H,7-14H2. The zero-order valence-corrected chi connectivity index (χ0v) is 18.7. The van der Waals surface area contributed by atoms with Gasteiger partial charge in [0.05, 0.1) is 4.90 Å². The molecular formula is C22H26ClN3O4S. The predicted molar refractivity (Wildman–Crippen MR) is 119 cm³/mol. The van der Waals surface area contributed by atoms with Crippen LogP contribution in [0, 0.1) is 5.92 Å². The van der Waals surface area contributed by atoms with Gasteiger partial charge in [-0.1, -0.05) is 11.6 Å². The molecule has 2 fully saturated rings. The van der Waals surface area contributed by atoms with Crippen molar-refractivity contribution in [3.63, 3.8) is 0 Å². The van der Waals surface area contributed by atoms with Gasteiger partial charge in [-0.25, -0.2) is 8.42 Å². The highest BCUT2D eigenvalue weighted by molar-refractivity contribution is 7.92. The van der Waals surface area contributed by atoms with Gasteiger partial charge in [0, 0.05) is 55.5 Å². The Labute approximate surface area is 187 Å². The van der Waals surface area contributed by atoms with Crippen LogP contribution in [0.5, 0.6) is 0 Å². The number of hydrogen-bond acceptors (Lipinski definition) is 5. The summed E-state index contributed by atoms with van der Waals surface area (Å²) in [5.41, 5.74) is 0.816. The second-order valence-electron chi connectivity index (χ2n) is 8.74. The van der Waals surface area contributed by atoms with E-state index in [0.717, 1.165) is 51.3 Å². The van der Waals surface area contributed by atoms with Crippen molar-refractivity contribution in [2.45, 2.75) is 42.7 Å². The number of hydrogen-bond donors (Lipinski definition) is 1. The van der Waals surface area contributed by atoms with Gasteiger partial charge in [0.25, 0.3) is 15.6 Å². The van der Waals surface area contributed by atoms with Crippen LogP contribution in [0.15, 0.2) is 46.1 Å². The molecule has 0 radical (unpaired) electrons. The van der Waals surface area contributed by atoms with Crippen LogP contribution in [0.4, 0.5) is 5.69 Å². The molecule has 4 heterocycles. The van der Waals surface area contributed by atoms with Crippen LogP contribution in [0.3, 0.4) is 0 Å². The smallest absolute Gasteiger partial charge is 0.275 e. The van der Waals surface area contributed by atoms with Gasteiger partial charge < -0.3 is 9.30 Å². The summed E-state index contributed by atoms with van der Waals surface area (Å²) in [5.74, 6) is 0.694. The molecule has 7 nitrogen and oxygen atoms in total. The van der Waals surface area contributed by atoms with Crippen molar-refractivity contribution in [2.24, 2.45) is 5.92 Å². The number of anilines is 1. The fraction of sp³-hybridized carbons (Fsp3) is 0.500. The molecule has 9 heteroatoms. The van der Waals surface area contributed by atoms with Crippen molar-refractivity contribution in [3.8, 4) is 0 Å². The number of nitrogens with one attached hydrogen (secondary N) is 1. The summed E-state index contributed by atoms with van der Waals surface area (Å²) in [5, 5.41) is 0.453. The first-order valence-electron chi connectivity index (χ1n) is 10.7. The molecule has 2 saturated heterocycles. The number of aromatic nitrogens is 1. The molecule has 1 aromatic carbocycles. The minimum atomic E-state index is -3.86. The number of halogens is 1. The number of likely N-dealkylation sites (tertiary alicyclic amines) is 1. The minimum absolute atomic E-state index is 0.0722. The Bertz CT molecular complexity index is 1130. The first-order valence-corrected chi connectivity index (χ1v) is 12.6. The summed E-state index contributed by atoms with van der Waals surface area (Å²) in [4.78, 5) is 15.8. The fourth-order valence-corrected chi connectivity index (χ4v) is 6.41. The number of benzene rings is 1. The van der Waals surface area contributed by atoms with Gasteiger partial charge in [0.2, 0.25) is 0 Å². The molecule has 3 aliphatic heterocycles. The van der Waals surface area contributed by atoms with Crippen LogP contribution in [0.1, 0.15) is 30.9 Å². The third-order valence-corrected chi connectivity index (χ3v) is 8.34. The third-order valence-electron chi connectivity index (χ3n) is 6.71. The number of nitrogens with zero attached hydrogens (tertiary/aromatic N) is 2. The number of rotatable bonds is 4. The van der Waals surface area contributed by atoms with E-state index in [4.69, 9.17) is 16.3 Å². The fourth-order valence-electron chi connectivity index (χ4n) is 5.23. The highest BCUT2D eigenvalue weighted by atomic mass is 35.5. The van der Waals surface area contributed by atoms with E-state index in [1.807, 2.05) is 6.07 Å². The van der Waals surface area contributed by atoms with Crippen LogP contribution in [0.25, 0.3) is 0 Å². The molecule has 166 valence electrons. The molecule has 0 aliphatic carbocycles. The highest BCUT2D eigenvalue weighted by Gasteiger charge is 2.37. The number of sulfonamides is 1. The van der Waals surface area contributed by atoms with E-state index in [1.54, 1.807) is 10.6 Å². The van der Waals surface area contributed by atoms with Crippen molar-refractivity contribution in [3.05, 3.63) is 57.5 Å². The van der Waals surface area contributed by atoms with E-state index < -0.39 is 10.0 Å². The Balaban J connectivity index is 1.39. The van der Waals surface area contributed by atoms with Gasteiger partial charge in [0.15, 0.2) is 0 Å². The number of ether oxygens (including phenoxy) is 1. The van der Waals surface area contributed by atoms with E-state index in [-0.39, 0.29) is 16.1 Å². The minimum Gasteiger partial charge on any atom is -0.381 e. The van der Waals surface area contributed by atoms with Crippen LogP contribution in [0.2, 0.25) is 5.02 Å². The summed E-state index contributed by atoms with van der Waals surface area (Å²) < 4.78 is 35.2. The third kappa shape index (κ3) is 4.14. The van der Waals surface area contributed by atoms with Gasteiger partial charge in [-0.3, -0.25) is 14.4 Å². The Morgan fingerprint density at radius 1 is 1.00 bits per heavy atom. The first-order chi connectivity index (χ1) is 14.9. The Morgan fingerprint density at radius 3 is 2.48 bits per heavy atom. The van der Waals surface area contributed by atoms with Gasteiger partial charge in [-0.15, -0.1) is 0 Å². The lowest BCUT2D eigenvalue weighted by Gasteiger charge is -2.46. The van der Waals surface area contributed by atoms with E-state index in [2.05, 4.69) is 9.62 Å². The Kier molecular flexibility index (Phi) is 5.58. The lowest BCUT2D eigenvalue weighted by Crippen LogP contribution is -2.51. The maximum Gasteiger partial charge on any atom is 0.275 e. The molecule has 0 amide bonds. The molecule has 2 bridgehead atoms. The van der Waals surface area contributed by atoms with Gasteiger partial charge in [-0.05, 0) is 61.6 Å². The molecule has 2 aromatic rings. The summed E-state index contributed by atoms with van der Waals surface area (Å²) in [6, 6.07) is 9.96. The molecule has 2 unspecified atom stereocenters. The lowest BCUT2D eigenvalue weighted by atomic mass is 9.82. The largest absolute Gasteiger partial charge is 0.381 e. The zero-order valence-electron chi connectivity index (χ0n) is 17.2. The van der Waals surface area contributed by atoms with Crippen LogP contribution >= 0.6 is 11.6 Å². The molecule has 1 N–H and O–H groups in total. The van der Waals surface area contributed by atoms with E-state index in [1.165, 1.54) is 24.3 Å². The van der Waals surface area contributed by atoms with Crippen LogP contribution in [-0.2, 0) is 21.3 Å². The highest BCUT2D eigenvalue weighted by Crippen LogP contribution is 2.37. The number of fused-ring (bicyclic) bond motifs is 4. The number of pyridine rings is 1. The van der Waals surface area contributed by atoms with Gasteiger partial charge >= 0.3 is 0 Å². The van der Waals surface area contributed by atoms with E-state index in [0.29, 0.717) is 29.4 Å². The van der Waals surface area contributed by atoms with E-state index >= 15 is 0 Å². The molecule has 31 heavy (non-hydrogen) atoms. The normalized spacial score (nSPS) is 24.5. The van der Waals surface area contributed by atoms with Crippen molar-refractivity contribution < 1.29 is 13.2 Å². The topological polar surface area (TPSA) is 80.6 Å². The monoisotopic (exact) mass is 463 g/mol. The molecule has 1 aromatic heterocycles. The quantitative estimate of drug-likeness (QED) is 0.754. The first kappa shape index (κ1) is 21.0. The van der Waals surface area contributed by atoms with Crippen LogP contribution < -0.4 is 10.3 Å². The molecular weight excluding hydrogens is 438 g/mol. The van der Waals surface area contributed by atoms with Crippen LogP contribution in [-0.4, -0.2) is 50.2 Å². The molecule has 5 rings (SSSR count). The summed E-state index contributed by atoms with van der Waals surface area (Å²) >= 11 is 5.85. The summed E-state index contributed by atoms with van der Waals surface area (Å²) in [6.45, 7) is 4.19. The molecule has 0 saturated carbocycles. The average Bonchev–Trinajstić information content (AvgIpc) is 2.77. The molecule has 0 spiro atoms. The Hall–Kier alpha value is -1.87. The van der Waals surface area contributed by atoms with Crippen molar-refractivity contribution in [2.75, 3.05) is 31.0 Å². The maximum atomic E-state index is 13.2. The van der Waals surface area contributed by atoms with E-state index in [9.17, 15) is 13.2 Å². The van der Waals surface area contributed by atoms with Crippen molar-refractivity contribution >= 4 is 27.3 Å². The van der Waals surface area contributed by atoms with Crippen molar-refractivity contribution in [1.29, 1.82) is 0 Å². The van der Waals surface area contributed by atoms with Gasteiger partial charge in [-0.2, -0.15) is 0 Å². The molecule has 2 atom stereocenters. The SMILES string of the molecule is O=c1c(NS(=O)(=O)c2ccc(Cl)cc2)ccc2n1CC1CC2CN(C2CCOCC2)C1. The van der Waals surface area contributed by atoms with Gasteiger partial charge in [0.1, 0.15) is 5.69 Å². The van der Waals surface area contributed by atoms with Crippen molar-refractivity contribution in [1.82, 2.24) is 9.47 Å². The number of piperidine rings is 1. The second kappa shape index (κ2) is 8.24. The summed E-state index contributed by atoms with van der Waals surface area (Å²) in [6.07, 6.45) is 3.21. The predicted octanol–water partition coefficient (Wildman–Crippen LogP) is 2.90. The summed E-state index contributed by atoms with van der Waals surface area (Å²) in [7, 11) is -3.86. The molecule has 3 aliphatic rings. The maximum absolute atomic E-state index is 13.2. The zero-order chi connectivity index (χ0) is 21.6.